The number of hydrogen-bond donors (Lipinski definition) is 0. The third kappa shape index (κ3) is 4.24. The quantitative estimate of drug-likeness (QED) is 0.724. The number of hydrogen-bond acceptors (Lipinski definition) is 3. The molecule has 5 heteroatoms. The fraction of sp³-hybridized carbons (Fsp3) is 0.500. The van der Waals surface area contributed by atoms with E-state index in [1.54, 1.807) is 13.3 Å². The van der Waals surface area contributed by atoms with Crippen LogP contribution in [0, 0.1) is 0 Å². The highest BCUT2D eigenvalue weighted by Gasteiger charge is 2.06. The van der Waals surface area contributed by atoms with Gasteiger partial charge in [-0.25, -0.2) is 4.98 Å². The molecule has 0 aromatic carbocycles. The highest BCUT2D eigenvalue weighted by molar-refractivity contribution is 6.30. The minimum atomic E-state index is 0.564. The van der Waals surface area contributed by atoms with Crippen LogP contribution in [-0.4, -0.2) is 37.7 Å². The maximum Gasteiger partial charge on any atom is 0.128 e. The number of pyridine rings is 1. The molecule has 0 N–H and O–H groups in total. The van der Waals surface area contributed by atoms with Crippen molar-refractivity contribution in [3.05, 3.63) is 23.4 Å². The molecule has 0 radical (unpaired) electrons. The minimum absolute atomic E-state index is 0.564. The molecule has 0 aliphatic heterocycles. The first-order valence-electron chi connectivity index (χ1n) is 4.69. The van der Waals surface area contributed by atoms with Gasteiger partial charge in [-0.05, 0) is 12.1 Å². The largest absolute Gasteiger partial charge is 0.383 e. The number of methoxy groups -OCH3 is 1. The smallest absolute Gasteiger partial charge is 0.128 e. The molecule has 15 heavy (non-hydrogen) atoms. The Balaban J connectivity index is 2.65. The molecule has 0 spiro atoms. The van der Waals surface area contributed by atoms with E-state index in [9.17, 15) is 0 Å². The summed E-state index contributed by atoms with van der Waals surface area (Å²) in [6, 6.07) is 3.70. The predicted molar refractivity (Wildman–Crippen MR) is 64.1 cm³/mol. The van der Waals surface area contributed by atoms with Gasteiger partial charge in [0.2, 0.25) is 0 Å². The first kappa shape index (κ1) is 12.6. The van der Waals surface area contributed by atoms with E-state index in [0.717, 1.165) is 18.9 Å². The topological polar surface area (TPSA) is 25.4 Å². The maximum atomic E-state index is 5.77. The molecule has 1 aromatic rings. The van der Waals surface area contributed by atoms with E-state index in [2.05, 4.69) is 9.88 Å². The standard InChI is InChI=1S/C10H14Cl2N2O/c1-15-7-6-14(5-4-11)10-3-2-9(12)8-13-10/h2-3,8H,4-7H2,1H3. The van der Waals surface area contributed by atoms with Crippen LogP contribution in [0.5, 0.6) is 0 Å². The van der Waals surface area contributed by atoms with Crippen LogP contribution in [0.2, 0.25) is 5.02 Å². The van der Waals surface area contributed by atoms with Crippen molar-refractivity contribution in [2.24, 2.45) is 0 Å². The Kier molecular flexibility index (Phi) is 5.76. The van der Waals surface area contributed by atoms with Crippen molar-refractivity contribution in [1.29, 1.82) is 0 Å². The van der Waals surface area contributed by atoms with Crippen LogP contribution in [0.3, 0.4) is 0 Å². The molecule has 1 aromatic heterocycles. The van der Waals surface area contributed by atoms with E-state index in [0.29, 0.717) is 17.5 Å². The van der Waals surface area contributed by atoms with Gasteiger partial charge in [0, 0.05) is 32.3 Å². The lowest BCUT2D eigenvalue weighted by atomic mass is 10.4. The van der Waals surface area contributed by atoms with Crippen LogP contribution in [0.25, 0.3) is 0 Å². The Bertz CT molecular complexity index is 279. The second-order valence-electron chi connectivity index (χ2n) is 3.00. The summed E-state index contributed by atoms with van der Waals surface area (Å²) >= 11 is 11.5. The van der Waals surface area contributed by atoms with E-state index in [1.807, 2.05) is 12.1 Å². The molecule has 0 bridgehead atoms. The van der Waals surface area contributed by atoms with Gasteiger partial charge in [0.1, 0.15) is 5.82 Å². The normalized spacial score (nSPS) is 10.3. The molecule has 0 amide bonds. The van der Waals surface area contributed by atoms with Gasteiger partial charge in [0.05, 0.1) is 11.6 Å². The van der Waals surface area contributed by atoms with Gasteiger partial charge in [-0.1, -0.05) is 11.6 Å². The highest BCUT2D eigenvalue weighted by Crippen LogP contribution is 2.13. The van der Waals surface area contributed by atoms with Crippen molar-refractivity contribution in [2.75, 3.05) is 37.6 Å². The van der Waals surface area contributed by atoms with Gasteiger partial charge in [-0.3, -0.25) is 0 Å². The summed E-state index contributed by atoms with van der Waals surface area (Å²) in [5, 5.41) is 0.635. The number of ether oxygens (including phenoxy) is 1. The second-order valence-corrected chi connectivity index (χ2v) is 3.82. The fourth-order valence-corrected chi connectivity index (χ4v) is 1.52. The third-order valence-corrected chi connectivity index (χ3v) is 2.35. The zero-order valence-electron chi connectivity index (χ0n) is 8.62. The van der Waals surface area contributed by atoms with E-state index in [4.69, 9.17) is 27.9 Å². The number of anilines is 1. The monoisotopic (exact) mass is 248 g/mol. The van der Waals surface area contributed by atoms with Crippen molar-refractivity contribution in [3.8, 4) is 0 Å². The summed E-state index contributed by atoms with van der Waals surface area (Å²) < 4.78 is 5.03. The second kappa shape index (κ2) is 6.88. The molecule has 3 nitrogen and oxygen atoms in total. The minimum Gasteiger partial charge on any atom is -0.383 e. The Hall–Kier alpha value is -0.510. The number of halogens is 2. The molecular weight excluding hydrogens is 235 g/mol. The summed E-state index contributed by atoms with van der Waals surface area (Å²) in [6.45, 7) is 2.18. The Morgan fingerprint density at radius 1 is 1.40 bits per heavy atom. The predicted octanol–water partition coefficient (Wildman–Crippen LogP) is 2.43. The number of nitrogens with zero attached hydrogens (tertiary/aromatic N) is 2. The Morgan fingerprint density at radius 2 is 2.20 bits per heavy atom. The van der Waals surface area contributed by atoms with Gasteiger partial charge in [-0.15, -0.1) is 11.6 Å². The average molecular weight is 249 g/mol. The van der Waals surface area contributed by atoms with Gasteiger partial charge in [0.25, 0.3) is 0 Å². The van der Waals surface area contributed by atoms with E-state index in [1.165, 1.54) is 0 Å². The molecule has 0 aliphatic rings. The summed E-state index contributed by atoms with van der Waals surface area (Å²) in [5.41, 5.74) is 0. The van der Waals surface area contributed by atoms with Crippen molar-refractivity contribution < 1.29 is 4.74 Å². The van der Waals surface area contributed by atoms with Gasteiger partial charge in [0.15, 0.2) is 0 Å². The molecule has 0 unspecified atom stereocenters. The maximum absolute atomic E-state index is 5.77. The number of rotatable bonds is 6. The zero-order chi connectivity index (χ0) is 11.1. The van der Waals surface area contributed by atoms with Gasteiger partial charge >= 0.3 is 0 Å². The highest BCUT2D eigenvalue weighted by atomic mass is 35.5. The molecule has 1 heterocycles. The van der Waals surface area contributed by atoms with Crippen molar-refractivity contribution >= 4 is 29.0 Å². The van der Waals surface area contributed by atoms with Gasteiger partial charge < -0.3 is 9.64 Å². The van der Waals surface area contributed by atoms with E-state index >= 15 is 0 Å². The van der Waals surface area contributed by atoms with E-state index < -0.39 is 0 Å². The molecule has 0 saturated carbocycles. The molecule has 1 rings (SSSR count). The van der Waals surface area contributed by atoms with Crippen LogP contribution in [0.15, 0.2) is 18.3 Å². The lowest BCUT2D eigenvalue weighted by molar-refractivity contribution is 0.205. The van der Waals surface area contributed by atoms with Crippen molar-refractivity contribution in [3.63, 3.8) is 0 Å². The summed E-state index contributed by atoms with van der Waals surface area (Å²) in [4.78, 5) is 6.29. The zero-order valence-corrected chi connectivity index (χ0v) is 10.1. The van der Waals surface area contributed by atoms with Crippen LogP contribution >= 0.6 is 23.2 Å². The van der Waals surface area contributed by atoms with Crippen molar-refractivity contribution in [1.82, 2.24) is 4.98 Å². The first-order chi connectivity index (χ1) is 7.27. The molecule has 0 aliphatic carbocycles. The SMILES string of the molecule is COCCN(CCCl)c1ccc(Cl)cn1. The van der Waals surface area contributed by atoms with Crippen LogP contribution < -0.4 is 4.90 Å². The lowest BCUT2D eigenvalue weighted by Gasteiger charge is -2.22. The van der Waals surface area contributed by atoms with Crippen LogP contribution in [-0.2, 0) is 4.74 Å². The summed E-state index contributed by atoms with van der Waals surface area (Å²) in [5.74, 6) is 1.44. The molecule has 0 atom stereocenters. The Morgan fingerprint density at radius 3 is 2.73 bits per heavy atom. The van der Waals surface area contributed by atoms with Crippen LogP contribution in [0.4, 0.5) is 5.82 Å². The van der Waals surface area contributed by atoms with Crippen molar-refractivity contribution in [2.45, 2.75) is 0 Å². The van der Waals surface area contributed by atoms with Crippen LogP contribution in [0.1, 0.15) is 0 Å². The number of alkyl halides is 1. The molecule has 84 valence electrons. The molecular formula is C10H14Cl2N2O. The van der Waals surface area contributed by atoms with Gasteiger partial charge in [-0.2, -0.15) is 0 Å². The first-order valence-corrected chi connectivity index (χ1v) is 5.60. The third-order valence-electron chi connectivity index (χ3n) is 1.96. The Labute approximate surface area is 100.0 Å². The number of aromatic nitrogens is 1. The molecule has 0 saturated heterocycles. The van der Waals surface area contributed by atoms with E-state index in [-0.39, 0.29) is 0 Å². The fourth-order valence-electron chi connectivity index (χ4n) is 1.20. The lowest BCUT2D eigenvalue weighted by Crippen LogP contribution is -2.29. The molecule has 0 fully saturated rings. The average Bonchev–Trinajstić information content (AvgIpc) is 2.25. The summed E-state index contributed by atoms with van der Waals surface area (Å²) in [6.07, 6.45) is 1.63. The summed E-state index contributed by atoms with van der Waals surface area (Å²) in [7, 11) is 1.67.